The number of methoxy groups -OCH3 is 2. The zero-order chi connectivity index (χ0) is 44.4. The highest BCUT2D eigenvalue weighted by Crippen LogP contribution is 2.65. The van der Waals surface area contributed by atoms with Gasteiger partial charge in [0.1, 0.15) is 23.1 Å². The van der Waals surface area contributed by atoms with Crippen LogP contribution in [0.3, 0.4) is 0 Å². The van der Waals surface area contributed by atoms with E-state index in [1.54, 1.807) is 62.8 Å². The molecule has 12 heteroatoms. The van der Waals surface area contributed by atoms with Crippen LogP contribution in [-0.2, 0) is 24.6 Å². The number of hydrogen-bond acceptors (Lipinski definition) is 8. The van der Waals surface area contributed by atoms with E-state index in [1.165, 1.54) is 29.2 Å². The van der Waals surface area contributed by atoms with Gasteiger partial charge >= 0.3 is 0 Å². The third-order valence-corrected chi connectivity index (χ3v) is 13.8. The molecule has 64 heavy (non-hydrogen) atoms. The van der Waals surface area contributed by atoms with Gasteiger partial charge in [-0.15, -0.1) is 0 Å². The molecule has 320 valence electrons. The molecule has 2 heterocycles. The molecule has 0 aromatic heterocycles. The summed E-state index contributed by atoms with van der Waals surface area (Å²) in [7, 11) is 3.19. The third-order valence-electron chi connectivity index (χ3n) is 13.5. The molecule has 0 bridgehead atoms. The quantitative estimate of drug-likeness (QED) is 0.0836. The number of carbonyl (C=O) groups excluding carboxylic acids is 4. The molecule has 0 spiro atoms. The van der Waals surface area contributed by atoms with Gasteiger partial charge in [-0.2, -0.15) is 5.01 Å². The minimum absolute atomic E-state index is 0.0525. The summed E-state index contributed by atoms with van der Waals surface area (Å²) in [6, 6.07) is 35.8. The number of carbonyl (C=O) groups is 4. The first kappa shape index (κ1) is 40.8. The van der Waals surface area contributed by atoms with Gasteiger partial charge in [0, 0.05) is 27.5 Å². The summed E-state index contributed by atoms with van der Waals surface area (Å²) < 4.78 is 24.9. The highest BCUT2D eigenvalue weighted by Gasteiger charge is 2.70. The molecule has 6 aromatic carbocycles. The summed E-state index contributed by atoms with van der Waals surface area (Å²) in [4.78, 5) is 61.3. The van der Waals surface area contributed by atoms with Crippen molar-refractivity contribution in [2.45, 2.75) is 24.2 Å². The van der Waals surface area contributed by atoms with Gasteiger partial charge in [0.15, 0.2) is 0 Å². The van der Waals surface area contributed by atoms with E-state index in [9.17, 15) is 19.1 Å². The van der Waals surface area contributed by atoms with Crippen molar-refractivity contribution in [1.82, 2.24) is 5.01 Å². The predicted molar refractivity (Wildman–Crippen MR) is 242 cm³/mol. The molecule has 3 fully saturated rings. The number of anilines is 2. The van der Waals surface area contributed by atoms with E-state index in [-0.39, 0.29) is 24.5 Å². The number of amides is 4. The number of benzene rings is 6. The van der Waals surface area contributed by atoms with Crippen LogP contribution < -0.4 is 19.8 Å². The molecule has 10 rings (SSSR count). The number of aromatic hydroxyl groups is 1. The van der Waals surface area contributed by atoms with Crippen molar-refractivity contribution in [3.8, 4) is 17.2 Å². The molecular formula is C52H41ClFN3O7. The zero-order valence-electron chi connectivity index (χ0n) is 34.7. The fraction of sp³-hybridized carbons (Fsp3) is 0.192. The van der Waals surface area contributed by atoms with E-state index in [1.807, 2.05) is 72.8 Å². The van der Waals surface area contributed by atoms with Crippen LogP contribution in [-0.4, -0.2) is 48.0 Å². The maximum atomic E-state index is 15.5. The Morgan fingerprint density at radius 2 is 1.55 bits per heavy atom. The summed E-state index contributed by atoms with van der Waals surface area (Å²) in [5.74, 6) is -5.36. The third kappa shape index (κ3) is 6.36. The van der Waals surface area contributed by atoms with E-state index < -0.39 is 58.5 Å². The number of nitrogens with one attached hydrogen (secondary N) is 1. The Hall–Kier alpha value is -7.24. The first-order chi connectivity index (χ1) is 31.0. The Kier molecular flexibility index (Phi) is 10.1. The Bertz CT molecular complexity index is 2950. The Morgan fingerprint density at radius 3 is 2.28 bits per heavy atom. The average molecular weight is 874 g/mol. The molecule has 10 nitrogen and oxygen atoms in total. The molecule has 6 unspecified atom stereocenters. The smallest absolute Gasteiger partial charge is 0.260 e. The van der Waals surface area contributed by atoms with E-state index in [0.29, 0.717) is 50.0 Å². The maximum absolute atomic E-state index is 15.5. The van der Waals surface area contributed by atoms with Crippen LogP contribution in [0, 0.1) is 29.5 Å². The minimum atomic E-state index is -1.65. The van der Waals surface area contributed by atoms with Crippen LogP contribution >= 0.6 is 11.6 Å². The van der Waals surface area contributed by atoms with Crippen molar-refractivity contribution in [2.24, 2.45) is 23.7 Å². The van der Waals surface area contributed by atoms with Gasteiger partial charge in [0.05, 0.1) is 48.8 Å². The van der Waals surface area contributed by atoms with Crippen LogP contribution in [0.1, 0.15) is 41.0 Å². The fourth-order valence-corrected chi connectivity index (χ4v) is 10.8. The number of hydrogen-bond donors (Lipinski definition) is 2. The summed E-state index contributed by atoms with van der Waals surface area (Å²) in [5, 5.41) is 15.0. The van der Waals surface area contributed by atoms with Crippen LogP contribution in [0.25, 0.3) is 22.9 Å². The average Bonchev–Trinajstić information content (AvgIpc) is 3.70. The lowest BCUT2D eigenvalue weighted by Crippen LogP contribution is -2.53. The van der Waals surface area contributed by atoms with Crippen LogP contribution in [0.15, 0.2) is 139 Å². The first-order valence-electron chi connectivity index (χ1n) is 21.0. The summed E-state index contributed by atoms with van der Waals surface area (Å²) in [6.07, 6.45) is 5.99. The zero-order valence-corrected chi connectivity index (χ0v) is 35.5. The normalized spacial score (nSPS) is 23.9. The number of phenols is 1. The number of allylic oxidation sites excluding steroid dienone is 2. The van der Waals surface area contributed by atoms with Gasteiger partial charge in [-0.3, -0.25) is 29.5 Å². The second kappa shape index (κ2) is 15.8. The molecule has 4 amide bonds. The maximum Gasteiger partial charge on any atom is 0.260 e. The SMILES string of the molecule is COc1ccc(OC)c(C=Cc2ccc(N3C(=O)C4CC=C5C(CC6C(=O)N(Nc7ccc(F)cc7)C(=O)C6(c6ccc(Cl)cc6)C5c5ccc6ccccc6c5O)C4C3=O)cc2)c1. The first-order valence-corrected chi connectivity index (χ1v) is 21.4. The molecular weight excluding hydrogens is 833 g/mol. The lowest BCUT2D eigenvalue weighted by molar-refractivity contribution is -0.138. The monoisotopic (exact) mass is 873 g/mol. The molecule has 2 N–H and O–H groups in total. The minimum Gasteiger partial charge on any atom is -0.507 e. The standard InChI is InChI=1S/C52H41ClFN3O7/c1-63-37-22-26-44(64-2)31(27-37)10-7-29-8-20-36(21-9-29)56-48(59)40-25-24-39-42(45(40)50(56)61)28-43-49(60)57(55-35-18-16-34(54)17-19-35)51(62)52(43,32-12-14-33(53)15-13-32)46(39)41-23-11-30-5-3-4-6-38(30)47(41)58/h3-24,26-27,40,42-43,45-46,55,58H,25,28H2,1-2H3. The Morgan fingerprint density at radius 1 is 0.797 bits per heavy atom. The van der Waals surface area contributed by atoms with E-state index in [0.717, 1.165) is 21.5 Å². The molecule has 0 radical (unpaired) electrons. The van der Waals surface area contributed by atoms with Crippen molar-refractivity contribution < 1.29 is 38.1 Å². The highest BCUT2D eigenvalue weighted by molar-refractivity contribution is 6.30. The molecule has 2 saturated heterocycles. The number of halogens is 2. The van der Waals surface area contributed by atoms with Gasteiger partial charge in [0.2, 0.25) is 11.8 Å². The Labute approximate surface area is 373 Å². The van der Waals surface area contributed by atoms with Crippen molar-refractivity contribution in [3.63, 3.8) is 0 Å². The molecule has 6 aromatic rings. The molecule has 6 atom stereocenters. The summed E-state index contributed by atoms with van der Waals surface area (Å²) >= 11 is 6.44. The molecule has 2 aliphatic heterocycles. The van der Waals surface area contributed by atoms with Gasteiger partial charge in [0.25, 0.3) is 11.8 Å². The number of hydrazine groups is 1. The highest BCUT2D eigenvalue weighted by atomic mass is 35.5. The number of imide groups is 2. The van der Waals surface area contributed by atoms with E-state index >= 15 is 9.59 Å². The second-order valence-corrected chi connectivity index (χ2v) is 17.1. The van der Waals surface area contributed by atoms with Gasteiger partial charge in [-0.1, -0.05) is 96.1 Å². The van der Waals surface area contributed by atoms with E-state index in [2.05, 4.69) is 5.43 Å². The molecule has 2 aliphatic carbocycles. The molecule has 4 aliphatic rings. The van der Waals surface area contributed by atoms with Crippen molar-refractivity contribution in [3.05, 3.63) is 172 Å². The van der Waals surface area contributed by atoms with Gasteiger partial charge in [-0.25, -0.2) is 4.39 Å². The summed E-state index contributed by atoms with van der Waals surface area (Å²) in [5.41, 5.74) is 5.27. The fourth-order valence-electron chi connectivity index (χ4n) is 10.6. The van der Waals surface area contributed by atoms with Crippen molar-refractivity contribution >= 4 is 69.5 Å². The molecule has 1 saturated carbocycles. The predicted octanol–water partition coefficient (Wildman–Crippen LogP) is 9.71. The largest absolute Gasteiger partial charge is 0.507 e. The topological polar surface area (TPSA) is 125 Å². The number of fused-ring (bicyclic) bond motifs is 5. The number of rotatable bonds is 9. The Balaban J connectivity index is 1.07. The lowest BCUT2D eigenvalue weighted by atomic mass is 9.49. The van der Waals surface area contributed by atoms with Gasteiger partial charge < -0.3 is 14.6 Å². The van der Waals surface area contributed by atoms with E-state index in [4.69, 9.17) is 21.1 Å². The van der Waals surface area contributed by atoms with Crippen molar-refractivity contribution in [2.75, 3.05) is 24.5 Å². The summed E-state index contributed by atoms with van der Waals surface area (Å²) in [6.45, 7) is 0. The number of ether oxygens (including phenoxy) is 2. The van der Waals surface area contributed by atoms with Crippen LogP contribution in [0.5, 0.6) is 17.2 Å². The number of nitrogens with zero attached hydrogens (tertiary/aromatic N) is 2. The lowest BCUT2D eigenvalue weighted by Gasteiger charge is -2.50. The number of phenolic OH excluding ortho intramolecular Hbond substituents is 1. The van der Waals surface area contributed by atoms with Crippen molar-refractivity contribution in [1.29, 1.82) is 0 Å². The van der Waals surface area contributed by atoms with Crippen LogP contribution in [0.2, 0.25) is 5.02 Å². The van der Waals surface area contributed by atoms with Gasteiger partial charge in [-0.05, 0) is 102 Å². The second-order valence-electron chi connectivity index (χ2n) is 16.6. The van der Waals surface area contributed by atoms with Crippen LogP contribution in [0.4, 0.5) is 15.8 Å².